The van der Waals surface area contributed by atoms with Gasteiger partial charge in [0, 0.05) is 26.1 Å². The Balaban J connectivity index is 2.06. The number of hydrogen-bond donors (Lipinski definition) is 1. The van der Waals surface area contributed by atoms with Crippen LogP contribution in [0.5, 0.6) is 0 Å². The second-order valence-electron chi connectivity index (χ2n) is 4.65. The number of carbonyl (C=O) groups is 1. The van der Waals surface area contributed by atoms with Crippen LogP contribution in [0.3, 0.4) is 0 Å². The van der Waals surface area contributed by atoms with Gasteiger partial charge in [0.05, 0.1) is 17.3 Å². The molecule has 0 aliphatic carbocycles. The van der Waals surface area contributed by atoms with Gasteiger partial charge in [0.1, 0.15) is 5.82 Å². The SMILES string of the molecule is CNC(=O)C1CCN(c2ccc(C#N)cc2F)CC1. The Morgan fingerprint density at radius 1 is 1.47 bits per heavy atom. The summed E-state index contributed by atoms with van der Waals surface area (Å²) >= 11 is 0. The highest BCUT2D eigenvalue weighted by Crippen LogP contribution is 2.26. The Morgan fingerprint density at radius 2 is 2.16 bits per heavy atom. The molecule has 0 atom stereocenters. The standard InChI is InChI=1S/C14H16FN3O/c1-17-14(19)11-4-6-18(7-5-11)13-3-2-10(9-16)8-12(13)15/h2-3,8,11H,4-7H2,1H3,(H,17,19). The minimum atomic E-state index is -0.377. The van der Waals surface area contributed by atoms with Gasteiger partial charge < -0.3 is 10.2 Å². The molecule has 0 unspecified atom stereocenters. The average Bonchev–Trinajstić information content (AvgIpc) is 2.46. The molecule has 0 radical (unpaired) electrons. The van der Waals surface area contributed by atoms with E-state index in [0.717, 1.165) is 12.8 Å². The molecule has 0 spiro atoms. The van der Waals surface area contributed by atoms with Gasteiger partial charge in [-0.2, -0.15) is 5.26 Å². The minimum absolute atomic E-state index is 0.0164. The molecule has 0 aromatic heterocycles. The van der Waals surface area contributed by atoms with E-state index < -0.39 is 0 Å². The first kappa shape index (κ1) is 13.3. The van der Waals surface area contributed by atoms with Crippen LogP contribution in [0, 0.1) is 23.1 Å². The molecule has 4 nitrogen and oxygen atoms in total. The number of amides is 1. The highest BCUT2D eigenvalue weighted by molar-refractivity contribution is 5.78. The maximum atomic E-state index is 13.9. The fraction of sp³-hybridized carbons (Fsp3) is 0.429. The zero-order valence-corrected chi connectivity index (χ0v) is 10.8. The van der Waals surface area contributed by atoms with E-state index in [1.54, 1.807) is 19.2 Å². The first-order chi connectivity index (χ1) is 9.15. The lowest BCUT2D eigenvalue weighted by Crippen LogP contribution is -2.39. The monoisotopic (exact) mass is 261 g/mol. The molecule has 1 aliphatic rings. The number of nitrogens with zero attached hydrogens (tertiary/aromatic N) is 2. The number of nitrogens with one attached hydrogen (secondary N) is 1. The lowest BCUT2D eigenvalue weighted by atomic mass is 9.95. The summed E-state index contributed by atoms with van der Waals surface area (Å²) in [6, 6.07) is 6.41. The van der Waals surface area contributed by atoms with Crippen molar-refractivity contribution >= 4 is 11.6 Å². The quantitative estimate of drug-likeness (QED) is 0.881. The van der Waals surface area contributed by atoms with Crippen molar-refractivity contribution in [1.29, 1.82) is 5.26 Å². The van der Waals surface area contributed by atoms with Crippen LogP contribution in [0.25, 0.3) is 0 Å². The van der Waals surface area contributed by atoms with Crippen LogP contribution in [0.1, 0.15) is 18.4 Å². The average molecular weight is 261 g/mol. The molecule has 19 heavy (non-hydrogen) atoms. The van der Waals surface area contributed by atoms with E-state index in [1.165, 1.54) is 6.07 Å². The topological polar surface area (TPSA) is 56.1 Å². The summed E-state index contributed by atoms with van der Waals surface area (Å²) in [5.41, 5.74) is 0.829. The lowest BCUT2D eigenvalue weighted by molar-refractivity contribution is -0.125. The van der Waals surface area contributed by atoms with Gasteiger partial charge in [-0.15, -0.1) is 0 Å². The van der Waals surface area contributed by atoms with Crippen molar-refractivity contribution in [2.24, 2.45) is 5.92 Å². The van der Waals surface area contributed by atoms with E-state index in [1.807, 2.05) is 11.0 Å². The van der Waals surface area contributed by atoms with Gasteiger partial charge in [-0.25, -0.2) is 4.39 Å². The molecule has 1 aromatic rings. The summed E-state index contributed by atoms with van der Waals surface area (Å²) in [7, 11) is 1.63. The largest absolute Gasteiger partial charge is 0.369 e. The van der Waals surface area contributed by atoms with Gasteiger partial charge in [0.2, 0.25) is 5.91 Å². The van der Waals surface area contributed by atoms with Crippen molar-refractivity contribution in [1.82, 2.24) is 5.32 Å². The first-order valence-electron chi connectivity index (χ1n) is 6.32. The summed E-state index contributed by atoms with van der Waals surface area (Å²) in [4.78, 5) is 13.4. The Kier molecular flexibility index (Phi) is 4.00. The van der Waals surface area contributed by atoms with E-state index in [0.29, 0.717) is 24.3 Å². The van der Waals surface area contributed by atoms with Gasteiger partial charge in [-0.1, -0.05) is 0 Å². The smallest absolute Gasteiger partial charge is 0.222 e. The first-order valence-corrected chi connectivity index (χ1v) is 6.32. The van der Waals surface area contributed by atoms with E-state index >= 15 is 0 Å². The molecular weight excluding hydrogens is 245 g/mol. The third kappa shape index (κ3) is 2.84. The summed E-state index contributed by atoms with van der Waals surface area (Å²) < 4.78 is 13.9. The second kappa shape index (κ2) is 5.70. The molecule has 1 heterocycles. The summed E-state index contributed by atoms with van der Waals surface area (Å²) in [5.74, 6) is -0.305. The maximum Gasteiger partial charge on any atom is 0.222 e. The Morgan fingerprint density at radius 3 is 2.68 bits per heavy atom. The molecule has 1 aromatic carbocycles. The van der Waals surface area contributed by atoms with Crippen molar-refractivity contribution in [2.45, 2.75) is 12.8 Å². The van der Waals surface area contributed by atoms with E-state index in [9.17, 15) is 9.18 Å². The summed E-state index contributed by atoms with van der Waals surface area (Å²) in [5, 5.41) is 11.4. The summed E-state index contributed by atoms with van der Waals surface area (Å²) in [6.45, 7) is 1.31. The number of piperidine rings is 1. The lowest BCUT2D eigenvalue weighted by Gasteiger charge is -2.33. The maximum absolute atomic E-state index is 13.9. The van der Waals surface area contributed by atoms with Gasteiger partial charge in [0.25, 0.3) is 0 Å². The Bertz CT molecular complexity index is 516. The second-order valence-corrected chi connectivity index (χ2v) is 4.65. The fourth-order valence-electron chi connectivity index (χ4n) is 2.42. The van der Waals surface area contributed by atoms with E-state index in [-0.39, 0.29) is 17.6 Å². The number of rotatable bonds is 2. The van der Waals surface area contributed by atoms with Gasteiger partial charge in [-0.3, -0.25) is 4.79 Å². The number of halogens is 1. The molecule has 0 bridgehead atoms. The number of hydrogen-bond acceptors (Lipinski definition) is 3. The molecule has 1 aliphatic heterocycles. The highest BCUT2D eigenvalue weighted by atomic mass is 19.1. The van der Waals surface area contributed by atoms with Crippen LogP contribution in [0.2, 0.25) is 0 Å². The van der Waals surface area contributed by atoms with Gasteiger partial charge in [0.15, 0.2) is 0 Å². The van der Waals surface area contributed by atoms with Crippen molar-refractivity contribution in [3.05, 3.63) is 29.6 Å². The predicted molar refractivity (Wildman–Crippen MR) is 70.1 cm³/mol. The van der Waals surface area contributed by atoms with Crippen molar-refractivity contribution in [2.75, 3.05) is 25.0 Å². The van der Waals surface area contributed by atoms with Crippen LogP contribution < -0.4 is 10.2 Å². The molecule has 0 saturated carbocycles. The van der Waals surface area contributed by atoms with Crippen molar-refractivity contribution in [3.63, 3.8) is 0 Å². The van der Waals surface area contributed by atoms with Gasteiger partial charge >= 0.3 is 0 Å². The normalized spacial score (nSPS) is 15.9. The Hall–Kier alpha value is -2.09. The molecule has 1 amide bonds. The zero-order chi connectivity index (χ0) is 13.8. The van der Waals surface area contributed by atoms with E-state index in [2.05, 4.69) is 5.32 Å². The van der Waals surface area contributed by atoms with Crippen LogP contribution >= 0.6 is 0 Å². The number of benzene rings is 1. The minimum Gasteiger partial charge on any atom is -0.369 e. The number of anilines is 1. The fourth-order valence-corrected chi connectivity index (χ4v) is 2.42. The number of carbonyl (C=O) groups excluding carboxylic acids is 1. The molecule has 1 N–H and O–H groups in total. The van der Waals surface area contributed by atoms with Crippen molar-refractivity contribution < 1.29 is 9.18 Å². The Labute approximate surface area is 111 Å². The van der Waals surface area contributed by atoms with Crippen LogP contribution in [0.15, 0.2) is 18.2 Å². The molecular formula is C14H16FN3O. The molecule has 100 valence electrons. The van der Waals surface area contributed by atoms with Gasteiger partial charge in [-0.05, 0) is 31.0 Å². The molecule has 1 fully saturated rings. The molecule has 1 saturated heterocycles. The van der Waals surface area contributed by atoms with Crippen molar-refractivity contribution in [3.8, 4) is 6.07 Å². The summed E-state index contributed by atoms with van der Waals surface area (Å²) in [6.07, 6.45) is 1.44. The van der Waals surface area contributed by atoms with Crippen LogP contribution in [0.4, 0.5) is 10.1 Å². The number of nitriles is 1. The third-order valence-corrected chi connectivity index (χ3v) is 3.53. The highest BCUT2D eigenvalue weighted by Gasteiger charge is 2.25. The van der Waals surface area contributed by atoms with E-state index in [4.69, 9.17) is 5.26 Å². The van der Waals surface area contributed by atoms with Crippen LogP contribution in [-0.4, -0.2) is 26.0 Å². The zero-order valence-electron chi connectivity index (χ0n) is 10.8. The van der Waals surface area contributed by atoms with Crippen LogP contribution in [-0.2, 0) is 4.79 Å². The molecule has 5 heteroatoms. The predicted octanol–water partition coefficient (Wildman–Crippen LogP) is 1.66. The molecule has 2 rings (SSSR count). The third-order valence-electron chi connectivity index (χ3n) is 3.53.